The Morgan fingerprint density at radius 1 is 0.318 bits per heavy atom. The Morgan fingerprint density at radius 3 is 0.750 bits per heavy atom. The minimum Gasteiger partial charge on any atom is -0.478 e. The molecule has 3 rings (SSSR count). The molecule has 3 aromatic carbocycles. The third-order valence-electron chi connectivity index (χ3n) is 5.59. The molecule has 44 heavy (non-hydrogen) atoms. The van der Waals surface area contributed by atoms with Crippen molar-refractivity contribution in [2.24, 2.45) is 0 Å². The van der Waals surface area contributed by atoms with E-state index in [4.69, 9.17) is 30.6 Å². The normalized spacial score (nSPS) is 10.0. The van der Waals surface area contributed by atoms with Gasteiger partial charge in [-0.25, -0.2) is 38.4 Å². The zero-order valence-corrected chi connectivity index (χ0v) is 21.4. The van der Waals surface area contributed by atoms with E-state index in [1.807, 2.05) is 0 Å². The van der Waals surface area contributed by atoms with E-state index in [0.717, 1.165) is 36.4 Å². The summed E-state index contributed by atoms with van der Waals surface area (Å²) in [6.07, 6.45) is 0. The van der Waals surface area contributed by atoms with Gasteiger partial charge in [0.1, 0.15) is 0 Å². The first-order valence-corrected chi connectivity index (χ1v) is 11.3. The number of carboxylic acids is 8. The maximum absolute atomic E-state index is 12.7. The summed E-state index contributed by atoms with van der Waals surface area (Å²) in [5.74, 6) is -14.3. The van der Waals surface area contributed by atoms with Crippen molar-refractivity contribution in [3.8, 4) is 0 Å². The molecule has 3 aromatic rings. The maximum atomic E-state index is 12.7. The van der Waals surface area contributed by atoms with Gasteiger partial charge < -0.3 is 40.9 Å². The lowest BCUT2D eigenvalue weighted by molar-refractivity contribution is 0.0637. The SMILES string of the molecule is O=C(O)c1cc(C(=O)O)c(C(=O)O)cc1C(=O)O.O=C(O)c1cccc(C(=O)c2cccc(C(=O)O)c2C(=O)O)c1C(=O)O. The van der Waals surface area contributed by atoms with Crippen LogP contribution in [0.5, 0.6) is 0 Å². The van der Waals surface area contributed by atoms with Gasteiger partial charge in [-0.1, -0.05) is 24.3 Å². The highest BCUT2D eigenvalue weighted by Crippen LogP contribution is 2.24. The fourth-order valence-electron chi connectivity index (χ4n) is 3.75. The van der Waals surface area contributed by atoms with Crippen molar-refractivity contribution in [1.82, 2.24) is 0 Å². The second-order valence-electron chi connectivity index (χ2n) is 8.17. The Bertz CT molecular complexity index is 1620. The van der Waals surface area contributed by atoms with E-state index >= 15 is 0 Å². The molecule has 0 aliphatic heterocycles. The first kappa shape index (κ1) is 33.3. The largest absolute Gasteiger partial charge is 0.478 e. The molecule has 17 heteroatoms. The molecule has 0 spiro atoms. The molecule has 0 bridgehead atoms. The molecule has 0 saturated carbocycles. The quantitative estimate of drug-likeness (QED) is 0.152. The molecule has 226 valence electrons. The molecular formula is C27H16O17. The summed E-state index contributed by atoms with van der Waals surface area (Å²) < 4.78 is 0. The fraction of sp³-hybridized carbons (Fsp3) is 0. The van der Waals surface area contributed by atoms with Crippen LogP contribution >= 0.6 is 0 Å². The first-order valence-electron chi connectivity index (χ1n) is 11.3. The van der Waals surface area contributed by atoms with Crippen molar-refractivity contribution < 1.29 is 84.0 Å². The predicted molar refractivity (Wildman–Crippen MR) is 138 cm³/mol. The van der Waals surface area contributed by atoms with Gasteiger partial charge in [-0.05, 0) is 24.3 Å². The smallest absolute Gasteiger partial charge is 0.337 e. The van der Waals surface area contributed by atoms with Gasteiger partial charge in [-0.2, -0.15) is 0 Å². The zero-order chi connectivity index (χ0) is 33.6. The average molecular weight is 612 g/mol. The van der Waals surface area contributed by atoms with Crippen LogP contribution in [0.25, 0.3) is 0 Å². The Morgan fingerprint density at radius 2 is 0.545 bits per heavy atom. The van der Waals surface area contributed by atoms with Gasteiger partial charge in [0.25, 0.3) is 0 Å². The monoisotopic (exact) mass is 612 g/mol. The van der Waals surface area contributed by atoms with Gasteiger partial charge in [-0.3, -0.25) is 4.79 Å². The molecule has 0 radical (unpaired) electrons. The molecule has 0 saturated heterocycles. The number of carboxylic acid groups (broad SMARTS) is 8. The highest BCUT2D eigenvalue weighted by Gasteiger charge is 2.29. The van der Waals surface area contributed by atoms with Crippen LogP contribution < -0.4 is 0 Å². The second-order valence-corrected chi connectivity index (χ2v) is 8.17. The number of hydrogen-bond donors (Lipinski definition) is 8. The minimum atomic E-state index is -1.70. The number of hydrogen-bond acceptors (Lipinski definition) is 9. The summed E-state index contributed by atoms with van der Waals surface area (Å²) >= 11 is 0. The molecule has 0 aromatic heterocycles. The van der Waals surface area contributed by atoms with Gasteiger partial charge >= 0.3 is 47.8 Å². The number of rotatable bonds is 10. The summed E-state index contributed by atoms with van der Waals surface area (Å²) in [4.78, 5) is 101. The van der Waals surface area contributed by atoms with Crippen molar-refractivity contribution in [3.05, 3.63) is 104 Å². The van der Waals surface area contributed by atoms with Gasteiger partial charge in [0, 0.05) is 11.1 Å². The Kier molecular flexibility index (Phi) is 9.97. The van der Waals surface area contributed by atoms with E-state index in [-0.39, 0.29) is 0 Å². The van der Waals surface area contributed by atoms with Crippen LogP contribution in [-0.2, 0) is 0 Å². The summed E-state index contributed by atoms with van der Waals surface area (Å²) in [7, 11) is 0. The predicted octanol–water partition coefficient (Wildman–Crippen LogP) is 2.19. The van der Waals surface area contributed by atoms with Gasteiger partial charge in [-0.15, -0.1) is 0 Å². The van der Waals surface area contributed by atoms with Crippen molar-refractivity contribution in [2.45, 2.75) is 0 Å². The fourth-order valence-corrected chi connectivity index (χ4v) is 3.75. The highest BCUT2D eigenvalue weighted by molar-refractivity contribution is 6.21. The van der Waals surface area contributed by atoms with E-state index in [1.54, 1.807) is 0 Å². The molecule has 0 unspecified atom stereocenters. The lowest BCUT2D eigenvalue weighted by atomic mass is 9.90. The Balaban J connectivity index is 0.000000329. The summed E-state index contributed by atoms with van der Waals surface area (Å²) in [5, 5.41) is 71.8. The van der Waals surface area contributed by atoms with E-state index in [0.29, 0.717) is 12.1 Å². The topological polar surface area (TPSA) is 315 Å². The molecule has 0 amide bonds. The van der Waals surface area contributed by atoms with Crippen molar-refractivity contribution >= 4 is 53.5 Å². The molecule has 0 fully saturated rings. The number of benzene rings is 3. The lowest BCUT2D eigenvalue weighted by Gasteiger charge is -2.11. The number of ketones is 1. The van der Waals surface area contributed by atoms with Crippen LogP contribution in [0.2, 0.25) is 0 Å². The van der Waals surface area contributed by atoms with Crippen LogP contribution in [0.15, 0.2) is 48.5 Å². The van der Waals surface area contributed by atoms with Gasteiger partial charge in [0.05, 0.1) is 44.5 Å². The van der Waals surface area contributed by atoms with E-state index in [2.05, 4.69) is 0 Å². The molecule has 0 heterocycles. The van der Waals surface area contributed by atoms with Gasteiger partial charge in [0.2, 0.25) is 0 Å². The molecule has 0 aliphatic carbocycles. The third-order valence-corrected chi connectivity index (χ3v) is 5.59. The maximum Gasteiger partial charge on any atom is 0.337 e. The molecule has 17 nitrogen and oxygen atoms in total. The van der Waals surface area contributed by atoms with Crippen molar-refractivity contribution in [3.63, 3.8) is 0 Å². The van der Waals surface area contributed by atoms with E-state index in [1.165, 1.54) is 0 Å². The molecule has 8 N–H and O–H groups in total. The lowest BCUT2D eigenvalue weighted by Crippen LogP contribution is -2.19. The average Bonchev–Trinajstić information content (AvgIpc) is 2.94. The zero-order valence-electron chi connectivity index (χ0n) is 21.4. The highest BCUT2D eigenvalue weighted by atomic mass is 16.4. The molecule has 0 atom stereocenters. The van der Waals surface area contributed by atoms with Crippen molar-refractivity contribution in [1.29, 1.82) is 0 Å². The number of carbonyl (C=O) groups excluding carboxylic acids is 1. The van der Waals surface area contributed by atoms with Crippen LogP contribution in [0.4, 0.5) is 0 Å². The summed E-state index contributed by atoms with van der Waals surface area (Å²) in [6.45, 7) is 0. The Labute approximate surface area is 242 Å². The molecule has 0 aliphatic rings. The number of carbonyl (C=O) groups is 9. The summed E-state index contributed by atoms with van der Waals surface area (Å²) in [6, 6.07) is 7.29. The summed E-state index contributed by atoms with van der Waals surface area (Å²) in [5.41, 5.74) is -7.23. The third kappa shape index (κ3) is 6.86. The van der Waals surface area contributed by atoms with Gasteiger partial charge in [0.15, 0.2) is 5.78 Å². The van der Waals surface area contributed by atoms with Crippen LogP contribution in [-0.4, -0.2) is 94.4 Å². The minimum absolute atomic E-state index is 0.511. The van der Waals surface area contributed by atoms with Crippen LogP contribution in [0, 0.1) is 0 Å². The second kappa shape index (κ2) is 13.2. The van der Waals surface area contributed by atoms with Crippen molar-refractivity contribution in [2.75, 3.05) is 0 Å². The van der Waals surface area contributed by atoms with Crippen LogP contribution in [0.1, 0.15) is 98.8 Å². The van der Waals surface area contributed by atoms with E-state index < -0.39 is 109 Å². The first-order chi connectivity index (χ1) is 20.4. The van der Waals surface area contributed by atoms with E-state index in [9.17, 15) is 53.4 Å². The number of aromatic carboxylic acids is 8. The Hall–Kier alpha value is -6.91. The van der Waals surface area contributed by atoms with Crippen LogP contribution in [0.3, 0.4) is 0 Å². The molecular weight excluding hydrogens is 596 g/mol. The standard InChI is InChI=1S/C17H10O9.C10H6O8/c18-13(7-3-1-5-9(14(19)20)11(7)16(23)24)8-4-2-6-10(15(21)22)12(8)17(25)26;11-7(12)3-1-4(8(13)14)6(10(17)18)2-5(3)9(15)16/h1-6H,(H,19,20)(H,21,22)(H,23,24)(H,25,26);1-2H,(H,11,12)(H,13,14)(H,15,16)(H,17,18).